The van der Waals surface area contributed by atoms with Gasteiger partial charge in [0.1, 0.15) is 11.9 Å². The van der Waals surface area contributed by atoms with Gasteiger partial charge in [0.2, 0.25) is 0 Å². The van der Waals surface area contributed by atoms with Crippen LogP contribution in [0, 0.1) is 25.2 Å². The maximum atomic E-state index is 8.71. The van der Waals surface area contributed by atoms with E-state index in [1.165, 1.54) is 0 Å². The third-order valence-corrected chi connectivity index (χ3v) is 2.13. The molecule has 64 valence electrons. The van der Waals surface area contributed by atoms with Crippen LogP contribution in [0.15, 0.2) is 18.3 Å². The van der Waals surface area contributed by atoms with E-state index in [1.54, 1.807) is 0 Å². The zero-order chi connectivity index (χ0) is 9.42. The van der Waals surface area contributed by atoms with Crippen molar-refractivity contribution in [1.29, 1.82) is 5.26 Å². The molecule has 0 aromatic carbocycles. The number of hydrogen-bond donors (Lipinski definition) is 0. The van der Waals surface area contributed by atoms with Gasteiger partial charge in [0.15, 0.2) is 0 Å². The van der Waals surface area contributed by atoms with Gasteiger partial charge in [-0.25, -0.2) is 4.98 Å². The number of hydrogen-bond acceptors (Lipinski definition) is 2. The first-order chi connectivity index (χ1) is 6.22. The summed E-state index contributed by atoms with van der Waals surface area (Å²) in [6.45, 7) is 3.90. The third-order valence-electron chi connectivity index (χ3n) is 2.13. The summed E-state index contributed by atoms with van der Waals surface area (Å²) in [6, 6.07) is 5.84. The second-order valence-electron chi connectivity index (χ2n) is 3.03. The Balaban J connectivity index is 2.86. The number of pyridine rings is 1. The average Bonchev–Trinajstić information content (AvgIpc) is 2.42. The van der Waals surface area contributed by atoms with Gasteiger partial charge in [-0.3, -0.25) is 0 Å². The SMILES string of the molecule is Cc1nc(C)n2cc(C#N)ccc12. The van der Waals surface area contributed by atoms with Crippen LogP contribution in [0.25, 0.3) is 5.52 Å². The highest BCUT2D eigenvalue weighted by Crippen LogP contribution is 2.12. The highest BCUT2D eigenvalue weighted by atomic mass is 15.0. The number of aryl methyl sites for hydroxylation is 2. The molecule has 0 aliphatic carbocycles. The Hall–Kier alpha value is -1.82. The Labute approximate surface area is 76.3 Å². The number of aromatic nitrogens is 2. The number of imidazole rings is 1. The summed E-state index contributed by atoms with van der Waals surface area (Å²) in [4.78, 5) is 4.32. The Morgan fingerprint density at radius 3 is 2.85 bits per heavy atom. The molecule has 0 bridgehead atoms. The monoisotopic (exact) mass is 171 g/mol. The minimum atomic E-state index is 0.660. The van der Waals surface area contributed by atoms with Crippen LogP contribution in [0.5, 0.6) is 0 Å². The maximum Gasteiger partial charge on any atom is 0.110 e. The Bertz CT molecular complexity index is 503. The predicted octanol–water partition coefficient (Wildman–Crippen LogP) is 1.82. The molecular weight excluding hydrogens is 162 g/mol. The Morgan fingerprint density at radius 1 is 1.38 bits per heavy atom. The fourth-order valence-corrected chi connectivity index (χ4v) is 1.48. The number of fused-ring (bicyclic) bond motifs is 1. The molecule has 0 saturated heterocycles. The standard InChI is InChI=1S/C10H9N3/c1-7-10-4-3-9(5-11)6-13(10)8(2)12-7/h3-4,6H,1-2H3. The summed E-state index contributed by atoms with van der Waals surface area (Å²) in [5, 5.41) is 8.71. The van der Waals surface area contributed by atoms with Gasteiger partial charge in [-0.05, 0) is 26.0 Å². The quantitative estimate of drug-likeness (QED) is 0.606. The van der Waals surface area contributed by atoms with E-state index < -0.39 is 0 Å². The van der Waals surface area contributed by atoms with Crippen molar-refractivity contribution in [3.63, 3.8) is 0 Å². The van der Waals surface area contributed by atoms with Crippen LogP contribution in [0.4, 0.5) is 0 Å². The molecule has 0 spiro atoms. The predicted molar refractivity (Wildman–Crippen MR) is 49.4 cm³/mol. The van der Waals surface area contributed by atoms with Gasteiger partial charge >= 0.3 is 0 Å². The molecule has 0 N–H and O–H groups in total. The van der Waals surface area contributed by atoms with E-state index in [4.69, 9.17) is 5.26 Å². The molecule has 0 amide bonds. The first-order valence-electron chi connectivity index (χ1n) is 4.08. The van der Waals surface area contributed by atoms with Gasteiger partial charge in [-0.15, -0.1) is 0 Å². The van der Waals surface area contributed by atoms with Crippen LogP contribution in [0.2, 0.25) is 0 Å². The topological polar surface area (TPSA) is 41.1 Å². The highest BCUT2D eigenvalue weighted by molar-refractivity contribution is 5.54. The molecule has 0 radical (unpaired) electrons. The summed E-state index contributed by atoms with van der Waals surface area (Å²) in [5.41, 5.74) is 2.73. The molecule has 0 aliphatic heterocycles. The summed E-state index contributed by atoms with van der Waals surface area (Å²) >= 11 is 0. The molecule has 0 atom stereocenters. The van der Waals surface area contributed by atoms with E-state index in [0.29, 0.717) is 5.56 Å². The van der Waals surface area contributed by atoms with E-state index in [2.05, 4.69) is 11.1 Å². The molecule has 2 aromatic heterocycles. The number of nitrogens with zero attached hydrogens (tertiary/aromatic N) is 3. The first kappa shape index (κ1) is 7.81. The lowest BCUT2D eigenvalue weighted by molar-refractivity contribution is 1.03. The molecule has 2 heterocycles. The molecule has 2 rings (SSSR count). The molecule has 0 saturated carbocycles. The van der Waals surface area contributed by atoms with Gasteiger partial charge in [0.05, 0.1) is 16.8 Å². The summed E-state index contributed by atoms with van der Waals surface area (Å²) in [6.07, 6.45) is 1.81. The van der Waals surface area contributed by atoms with Crippen LogP contribution < -0.4 is 0 Å². The second-order valence-corrected chi connectivity index (χ2v) is 3.03. The van der Waals surface area contributed by atoms with Crippen LogP contribution in [-0.2, 0) is 0 Å². The molecule has 0 aliphatic rings. The van der Waals surface area contributed by atoms with Crippen molar-refractivity contribution in [3.05, 3.63) is 35.4 Å². The molecule has 0 unspecified atom stereocenters. The normalized spacial score (nSPS) is 10.2. The first-order valence-corrected chi connectivity index (χ1v) is 4.08. The van der Waals surface area contributed by atoms with Gasteiger partial charge in [-0.1, -0.05) is 0 Å². The molecular formula is C10H9N3. The van der Waals surface area contributed by atoms with E-state index in [-0.39, 0.29) is 0 Å². The van der Waals surface area contributed by atoms with Crippen molar-refractivity contribution < 1.29 is 0 Å². The minimum absolute atomic E-state index is 0.660. The van der Waals surface area contributed by atoms with E-state index in [1.807, 2.05) is 36.6 Å². The van der Waals surface area contributed by atoms with Crippen molar-refractivity contribution in [2.24, 2.45) is 0 Å². The lowest BCUT2D eigenvalue weighted by Gasteiger charge is -1.96. The van der Waals surface area contributed by atoms with E-state index in [0.717, 1.165) is 17.0 Å². The average molecular weight is 171 g/mol. The smallest absolute Gasteiger partial charge is 0.110 e. The van der Waals surface area contributed by atoms with Crippen LogP contribution in [0.3, 0.4) is 0 Å². The van der Waals surface area contributed by atoms with Crippen molar-refractivity contribution in [2.75, 3.05) is 0 Å². The van der Waals surface area contributed by atoms with Gasteiger partial charge < -0.3 is 4.40 Å². The fraction of sp³-hybridized carbons (Fsp3) is 0.200. The number of nitriles is 1. The van der Waals surface area contributed by atoms with Gasteiger partial charge in [0.25, 0.3) is 0 Å². The molecule has 0 fully saturated rings. The summed E-state index contributed by atoms with van der Waals surface area (Å²) in [5.74, 6) is 0.921. The summed E-state index contributed by atoms with van der Waals surface area (Å²) < 4.78 is 1.94. The van der Waals surface area contributed by atoms with Crippen molar-refractivity contribution in [1.82, 2.24) is 9.38 Å². The van der Waals surface area contributed by atoms with Crippen LogP contribution in [0.1, 0.15) is 17.1 Å². The maximum absolute atomic E-state index is 8.71. The van der Waals surface area contributed by atoms with Crippen molar-refractivity contribution in [3.8, 4) is 6.07 Å². The number of rotatable bonds is 0. The lowest BCUT2D eigenvalue weighted by atomic mass is 10.3. The van der Waals surface area contributed by atoms with Crippen LogP contribution >= 0.6 is 0 Å². The Morgan fingerprint density at radius 2 is 2.15 bits per heavy atom. The van der Waals surface area contributed by atoms with E-state index >= 15 is 0 Å². The third kappa shape index (κ3) is 1.07. The highest BCUT2D eigenvalue weighted by Gasteiger charge is 2.03. The lowest BCUT2D eigenvalue weighted by Crippen LogP contribution is -1.88. The van der Waals surface area contributed by atoms with Gasteiger partial charge in [0, 0.05) is 6.20 Å². The van der Waals surface area contributed by atoms with Gasteiger partial charge in [-0.2, -0.15) is 5.26 Å². The van der Waals surface area contributed by atoms with E-state index in [9.17, 15) is 0 Å². The zero-order valence-electron chi connectivity index (χ0n) is 7.57. The second kappa shape index (κ2) is 2.60. The molecule has 13 heavy (non-hydrogen) atoms. The fourth-order valence-electron chi connectivity index (χ4n) is 1.48. The minimum Gasteiger partial charge on any atom is -0.302 e. The van der Waals surface area contributed by atoms with Crippen LogP contribution in [-0.4, -0.2) is 9.38 Å². The zero-order valence-corrected chi connectivity index (χ0v) is 7.57. The molecule has 3 nitrogen and oxygen atoms in total. The largest absolute Gasteiger partial charge is 0.302 e. The summed E-state index contributed by atoms with van der Waals surface area (Å²) in [7, 11) is 0. The molecule has 3 heteroatoms. The molecule has 2 aromatic rings. The van der Waals surface area contributed by atoms with Crippen molar-refractivity contribution >= 4 is 5.52 Å². The van der Waals surface area contributed by atoms with Crippen molar-refractivity contribution in [2.45, 2.75) is 13.8 Å². The Kier molecular flexibility index (Phi) is 1.56.